The summed E-state index contributed by atoms with van der Waals surface area (Å²) in [5, 5.41) is 79.8. The van der Waals surface area contributed by atoms with Crippen molar-refractivity contribution in [2.45, 2.75) is 26.2 Å². The number of hydrogen-bond acceptors (Lipinski definition) is 42. The Hall–Kier alpha value is -11.1. The van der Waals surface area contributed by atoms with Crippen molar-refractivity contribution in [1.82, 2.24) is 89.7 Å². The fourth-order valence-electron chi connectivity index (χ4n) is 7.03. The van der Waals surface area contributed by atoms with Gasteiger partial charge in [0.25, 0.3) is 0 Å². The van der Waals surface area contributed by atoms with Gasteiger partial charge in [-0.25, -0.2) is 0 Å². The number of carboxylic acid groups (broad SMARTS) is 3. The summed E-state index contributed by atoms with van der Waals surface area (Å²) in [6, 6.07) is 0. The van der Waals surface area contributed by atoms with Gasteiger partial charge in [0.05, 0.1) is 19.3 Å². The van der Waals surface area contributed by atoms with Gasteiger partial charge in [-0.1, -0.05) is 0 Å². The van der Waals surface area contributed by atoms with E-state index in [1.807, 2.05) is 0 Å². The molecule has 0 unspecified atom stereocenters. The maximum Gasteiger partial charge on any atom is 0.305 e. The lowest BCUT2D eigenvalue weighted by molar-refractivity contribution is -0.137. The molecule has 0 saturated heterocycles. The van der Waals surface area contributed by atoms with E-state index in [2.05, 4.69) is 180 Å². The maximum absolute atomic E-state index is 11.3. The van der Waals surface area contributed by atoms with Crippen molar-refractivity contribution in [1.29, 1.82) is 0 Å². The zero-order valence-electron chi connectivity index (χ0n) is 49.9. The second-order valence-corrected chi connectivity index (χ2v) is 18.4. The van der Waals surface area contributed by atoms with Gasteiger partial charge in [-0.3, -0.25) is 14.4 Å². The SMILES string of the molecule is Cc1nc(NCCN)nc(NCCNc2nc(NCCNc3nc(NCCN)nc(NCCNc4nc(NCCNc5nc(NCCN)nc(NCCNc6nc(NCCN)nc(NCCC(=O)O)n6)n5)nc(NCCC(=O)O)n4)n3)nc(NCCC(=O)O)n2)n1. The van der Waals surface area contributed by atoms with E-state index in [1.165, 1.54) is 0 Å². The van der Waals surface area contributed by atoms with E-state index < -0.39 is 17.9 Å². The van der Waals surface area contributed by atoms with Crippen molar-refractivity contribution in [2.75, 3.05) is 228 Å². The number of rotatable bonds is 49. The molecule has 0 aliphatic rings. The van der Waals surface area contributed by atoms with Crippen LogP contribution in [-0.2, 0) is 14.4 Å². The number of aliphatic carboxylic acids is 3. The summed E-state index contributed by atoms with van der Waals surface area (Å²) in [6.07, 6.45) is -0.481. The topological polar surface area (TPSA) is 653 Å². The monoisotopic (exact) mass is 1270 g/mol. The van der Waals surface area contributed by atoms with Crippen LogP contribution in [-0.4, -0.2) is 260 Å². The Morgan fingerprint density at radius 1 is 0.231 bits per heavy atom. The van der Waals surface area contributed by atoms with E-state index in [0.29, 0.717) is 96.3 Å². The molecule has 0 bridgehead atoms. The molecule has 91 heavy (non-hydrogen) atoms. The highest BCUT2D eigenvalue weighted by Gasteiger charge is 2.14. The van der Waals surface area contributed by atoms with Gasteiger partial charge in [-0.05, 0) is 6.92 Å². The minimum Gasteiger partial charge on any atom is -0.481 e. The van der Waals surface area contributed by atoms with E-state index in [-0.39, 0.29) is 167 Å². The second-order valence-electron chi connectivity index (χ2n) is 18.4. The first-order valence-electron chi connectivity index (χ1n) is 28.8. The number of carbonyl (C=O) groups is 3. The largest absolute Gasteiger partial charge is 0.481 e. The van der Waals surface area contributed by atoms with E-state index in [1.54, 1.807) is 6.92 Å². The first-order chi connectivity index (χ1) is 44.2. The predicted octanol–water partition coefficient (Wildman–Crippen LogP) is -4.13. The highest BCUT2D eigenvalue weighted by molar-refractivity contribution is 5.68. The number of hydrogen-bond donors (Lipinski definition) is 24. The van der Waals surface area contributed by atoms with Crippen molar-refractivity contribution < 1.29 is 29.7 Å². The Labute approximate surface area is 519 Å². The lowest BCUT2D eigenvalue weighted by atomic mass is 10.4. The van der Waals surface area contributed by atoms with Crippen LogP contribution in [0.3, 0.4) is 0 Å². The number of nitrogens with one attached hydrogen (secondary N) is 17. The Bertz CT molecular complexity index is 3190. The number of nitrogens with two attached hydrogens (primary N) is 4. The molecule has 6 rings (SSSR count). The molecule has 0 aromatic carbocycles. The molecule has 0 atom stereocenters. The summed E-state index contributed by atoms with van der Waals surface area (Å²) < 4.78 is 0. The van der Waals surface area contributed by atoms with Gasteiger partial charge >= 0.3 is 17.9 Å². The minimum atomic E-state index is -1.01. The van der Waals surface area contributed by atoms with Gasteiger partial charge in [0.15, 0.2) is 0 Å². The average Bonchev–Trinajstić information content (AvgIpc) is 3.09. The van der Waals surface area contributed by atoms with Crippen molar-refractivity contribution in [3.05, 3.63) is 5.82 Å². The van der Waals surface area contributed by atoms with Crippen LogP contribution in [0.15, 0.2) is 0 Å². The second kappa shape index (κ2) is 38.9. The first kappa shape index (κ1) is 69.0. The van der Waals surface area contributed by atoms with Gasteiger partial charge in [0.2, 0.25) is 101 Å². The number of aromatic nitrogens is 18. The zero-order valence-corrected chi connectivity index (χ0v) is 49.9. The van der Waals surface area contributed by atoms with E-state index >= 15 is 0 Å². The van der Waals surface area contributed by atoms with Crippen molar-refractivity contribution in [2.24, 2.45) is 22.9 Å². The van der Waals surface area contributed by atoms with Crippen LogP contribution in [0.2, 0.25) is 0 Å². The molecular formula is C46H79N39O6. The molecule has 0 aliphatic carbocycles. The molecule has 45 nitrogen and oxygen atoms in total. The Morgan fingerprint density at radius 3 is 0.484 bits per heavy atom. The summed E-state index contributed by atoms with van der Waals surface area (Å²) in [5.74, 6) is 1.49. The van der Waals surface area contributed by atoms with E-state index in [0.717, 1.165) is 0 Å². The van der Waals surface area contributed by atoms with E-state index in [9.17, 15) is 24.6 Å². The fraction of sp³-hybridized carbons (Fsp3) is 0.543. The molecule has 494 valence electrons. The number of nitrogens with zero attached hydrogens (tertiary/aromatic N) is 18. The molecule has 45 heteroatoms. The summed E-state index contributed by atoms with van der Waals surface area (Å²) >= 11 is 0. The van der Waals surface area contributed by atoms with Crippen LogP contribution in [0.1, 0.15) is 25.1 Å². The van der Waals surface area contributed by atoms with Gasteiger partial charge in [0.1, 0.15) is 5.82 Å². The fourth-order valence-corrected chi connectivity index (χ4v) is 7.03. The molecule has 0 saturated carbocycles. The third-order valence-electron chi connectivity index (χ3n) is 11.0. The number of carboxylic acids is 3. The number of aryl methyl sites for hydroxylation is 1. The lowest BCUT2D eigenvalue weighted by Crippen LogP contribution is -2.22. The molecule has 0 spiro atoms. The van der Waals surface area contributed by atoms with E-state index in [4.69, 9.17) is 28.0 Å². The molecule has 6 heterocycles. The molecule has 0 radical (unpaired) electrons. The van der Waals surface area contributed by atoms with Crippen LogP contribution < -0.4 is 113 Å². The molecule has 6 aromatic rings. The predicted molar refractivity (Wildman–Crippen MR) is 341 cm³/mol. The highest BCUT2D eigenvalue weighted by atomic mass is 16.4. The average molecular weight is 1270 g/mol. The third-order valence-corrected chi connectivity index (χ3v) is 11.0. The smallest absolute Gasteiger partial charge is 0.305 e. The van der Waals surface area contributed by atoms with Gasteiger partial charge < -0.3 is 129 Å². The van der Waals surface area contributed by atoms with Crippen molar-refractivity contribution >= 4 is 119 Å². The molecule has 0 amide bonds. The summed E-state index contributed by atoms with van der Waals surface area (Å²) in [7, 11) is 0. The lowest BCUT2D eigenvalue weighted by Gasteiger charge is -2.14. The normalized spacial score (nSPS) is 10.7. The molecule has 28 N–H and O–H groups in total. The zero-order chi connectivity index (χ0) is 64.8. The van der Waals surface area contributed by atoms with Crippen LogP contribution in [0.5, 0.6) is 0 Å². The van der Waals surface area contributed by atoms with Gasteiger partial charge in [-0.15, -0.1) is 0 Å². The minimum absolute atomic E-state index is 0.0454. The molecule has 0 aliphatic heterocycles. The Morgan fingerprint density at radius 2 is 0.352 bits per heavy atom. The van der Waals surface area contributed by atoms with Gasteiger partial charge in [0, 0.05) is 137 Å². The van der Waals surface area contributed by atoms with Crippen LogP contribution in [0.25, 0.3) is 0 Å². The molecular weight excluding hydrogens is 1190 g/mol. The maximum atomic E-state index is 11.3. The third kappa shape index (κ3) is 27.7. The molecule has 0 fully saturated rings. The van der Waals surface area contributed by atoms with Crippen LogP contribution in [0.4, 0.5) is 101 Å². The van der Waals surface area contributed by atoms with Crippen molar-refractivity contribution in [3.8, 4) is 0 Å². The molecule has 6 aromatic heterocycles. The van der Waals surface area contributed by atoms with Gasteiger partial charge in [-0.2, -0.15) is 89.7 Å². The number of anilines is 17. The quantitative estimate of drug-likeness (QED) is 0.0161. The Kier molecular flexibility index (Phi) is 29.5. The summed E-state index contributed by atoms with van der Waals surface area (Å²) in [5.41, 5.74) is 22.7. The van der Waals surface area contributed by atoms with Crippen LogP contribution >= 0.6 is 0 Å². The standard InChI is InChI=1S/C46H79N39O6/c1-26-68-30(54-12-5-47)70-31(69-26)58-16-17-59-39-73-33(52-10-3-28(88)89)74-40(82-39)61-19-23-65-45-80-37(57-15-8-50)81-46(85-45)67-25-21-63-42-76-34(53-11-4-29(90)91)75-41(83-42)62-20-24-66-44-79-36(56-14-7-49)78-43(84-44)64-22-18-60-38-72-32(51-9-2-27(86)87)71-35(77-38)55-13-6-48/h2-25,47-50H2,1H3,(H,86,87)(H,88,89)(H,90,91)(H2,54,58,68,69,70)(H3,51,55,60,71,72,77)(H3,52,59,61,73,74,82)(H3,53,62,63,75,76,83)(H3,56,64,66,78,79,84)(H3,57,65,67,80,81,85). The van der Waals surface area contributed by atoms with Crippen LogP contribution in [0, 0.1) is 6.92 Å². The highest BCUT2D eigenvalue weighted by Crippen LogP contribution is 2.15. The summed E-state index contributed by atoms with van der Waals surface area (Å²) in [4.78, 5) is 113. The first-order valence-corrected chi connectivity index (χ1v) is 28.8. The Balaban J connectivity index is 1.01. The van der Waals surface area contributed by atoms with Crippen molar-refractivity contribution in [3.63, 3.8) is 0 Å². The summed E-state index contributed by atoms with van der Waals surface area (Å²) in [6.45, 7) is 8.05.